The van der Waals surface area contributed by atoms with Gasteiger partial charge in [-0.05, 0) is 19.3 Å². The van der Waals surface area contributed by atoms with Crippen LogP contribution in [0.25, 0.3) is 0 Å². The van der Waals surface area contributed by atoms with Crippen LogP contribution in [0, 0.1) is 0 Å². The van der Waals surface area contributed by atoms with E-state index in [9.17, 15) is 19.4 Å². The summed E-state index contributed by atoms with van der Waals surface area (Å²) < 4.78 is 22.7. The van der Waals surface area contributed by atoms with Gasteiger partial charge in [-0.1, -0.05) is 83.8 Å². The molecule has 9 heteroatoms. The third kappa shape index (κ3) is 22.2. The largest absolute Gasteiger partial charge is 0.756 e. The van der Waals surface area contributed by atoms with E-state index in [-0.39, 0.29) is 19.1 Å². The van der Waals surface area contributed by atoms with Crippen LogP contribution in [0.15, 0.2) is 12.2 Å². The monoisotopic (exact) mass is 520 g/mol. The van der Waals surface area contributed by atoms with Crippen molar-refractivity contribution in [3.63, 3.8) is 0 Å². The highest BCUT2D eigenvalue weighted by molar-refractivity contribution is 7.45. The number of aliphatic hydroxyl groups excluding tert-OH is 1. The van der Waals surface area contributed by atoms with Gasteiger partial charge in [0.25, 0.3) is 7.82 Å². The number of amides is 1. The molecule has 0 aliphatic heterocycles. The quantitative estimate of drug-likeness (QED) is 0.0875. The topological polar surface area (TPSA) is 108 Å². The third-order valence-corrected chi connectivity index (χ3v) is 6.71. The van der Waals surface area contributed by atoms with Gasteiger partial charge in [0.05, 0.1) is 39.9 Å². The molecule has 0 aromatic carbocycles. The standard InChI is InChI=1S/C26H53N2O6P/c1-6-8-10-12-13-14-16-17-19-25(29)24(27-26(30)20-18-15-11-9-7-2)23-34-35(31,32)33-22-21-28(3,4)5/h17,19,24-25,29H,6-16,18,20-23H2,1-5H3,(H-,27,30,31,32)/b19-17+. The molecule has 0 saturated carbocycles. The molecule has 0 aliphatic rings. The zero-order valence-corrected chi connectivity index (χ0v) is 23.9. The van der Waals surface area contributed by atoms with Crippen molar-refractivity contribution in [3.05, 3.63) is 12.2 Å². The molecule has 0 radical (unpaired) electrons. The fourth-order valence-electron chi connectivity index (χ4n) is 3.44. The maximum Gasteiger partial charge on any atom is 0.268 e. The van der Waals surface area contributed by atoms with Crippen LogP contribution in [0.2, 0.25) is 0 Å². The summed E-state index contributed by atoms with van der Waals surface area (Å²) in [5.74, 6) is -0.217. The van der Waals surface area contributed by atoms with Crippen LogP contribution in [-0.4, -0.2) is 68.5 Å². The minimum Gasteiger partial charge on any atom is -0.756 e. The number of aliphatic hydroxyl groups is 1. The smallest absolute Gasteiger partial charge is 0.268 e. The zero-order valence-electron chi connectivity index (χ0n) is 23.0. The van der Waals surface area contributed by atoms with E-state index in [0.717, 1.165) is 51.4 Å². The number of nitrogens with zero attached hydrogens (tertiary/aromatic N) is 1. The fourth-order valence-corrected chi connectivity index (χ4v) is 4.16. The van der Waals surface area contributed by atoms with Gasteiger partial charge in [0.15, 0.2) is 0 Å². The Morgan fingerprint density at radius 2 is 1.54 bits per heavy atom. The number of rotatable bonds is 23. The van der Waals surface area contributed by atoms with Crippen molar-refractivity contribution in [2.45, 2.75) is 109 Å². The second-order valence-corrected chi connectivity index (χ2v) is 11.8. The Kier molecular flexibility index (Phi) is 19.9. The van der Waals surface area contributed by atoms with Gasteiger partial charge in [0.2, 0.25) is 5.91 Å². The van der Waals surface area contributed by atoms with E-state index in [4.69, 9.17) is 9.05 Å². The van der Waals surface area contributed by atoms with E-state index in [2.05, 4.69) is 19.2 Å². The van der Waals surface area contributed by atoms with Crippen molar-refractivity contribution in [1.82, 2.24) is 5.32 Å². The number of likely N-dealkylation sites (N-methyl/N-ethyl adjacent to an activating group) is 1. The Bertz CT molecular complexity index is 609. The first-order valence-corrected chi connectivity index (χ1v) is 15.0. The van der Waals surface area contributed by atoms with Crippen molar-refractivity contribution >= 4 is 13.7 Å². The average Bonchev–Trinajstić information content (AvgIpc) is 2.77. The first-order chi connectivity index (χ1) is 16.5. The number of carbonyl (C=O) groups excluding carboxylic acids is 1. The SMILES string of the molecule is CCCCCCCC/C=C/C(O)C(COP(=O)([O-])OCC[N+](C)(C)C)NC(=O)CCCCCCC. The lowest BCUT2D eigenvalue weighted by Crippen LogP contribution is -2.45. The molecule has 0 saturated heterocycles. The second-order valence-electron chi connectivity index (χ2n) is 10.4. The van der Waals surface area contributed by atoms with Gasteiger partial charge in [-0.25, -0.2) is 0 Å². The summed E-state index contributed by atoms with van der Waals surface area (Å²) >= 11 is 0. The van der Waals surface area contributed by atoms with Crippen molar-refractivity contribution in [2.24, 2.45) is 0 Å². The number of hydrogen-bond donors (Lipinski definition) is 2. The number of phosphoric ester groups is 1. The molecule has 0 aromatic heterocycles. The van der Waals surface area contributed by atoms with Gasteiger partial charge >= 0.3 is 0 Å². The molecule has 0 fully saturated rings. The van der Waals surface area contributed by atoms with Crippen LogP contribution in [-0.2, 0) is 18.4 Å². The van der Waals surface area contributed by atoms with Gasteiger partial charge in [0.1, 0.15) is 13.2 Å². The van der Waals surface area contributed by atoms with E-state index >= 15 is 0 Å². The first-order valence-electron chi connectivity index (χ1n) is 13.6. The van der Waals surface area contributed by atoms with Crippen LogP contribution in [0.5, 0.6) is 0 Å². The van der Waals surface area contributed by atoms with E-state index in [0.29, 0.717) is 17.4 Å². The van der Waals surface area contributed by atoms with E-state index < -0.39 is 20.0 Å². The molecule has 208 valence electrons. The van der Waals surface area contributed by atoms with Crippen molar-refractivity contribution in [2.75, 3.05) is 40.9 Å². The maximum atomic E-state index is 12.4. The number of unbranched alkanes of at least 4 members (excludes halogenated alkanes) is 10. The molecule has 0 heterocycles. The number of hydrogen-bond acceptors (Lipinski definition) is 6. The summed E-state index contributed by atoms with van der Waals surface area (Å²) in [4.78, 5) is 24.6. The van der Waals surface area contributed by atoms with Crippen LogP contribution in [0.1, 0.15) is 97.3 Å². The Morgan fingerprint density at radius 1 is 0.971 bits per heavy atom. The highest BCUT2D eigenvalue weighted by atomic mass is 31.2. The molecule has 0 aliphatic carbocycles. The molecule has 0 spiro atoms. The number of carbonyl (C=O) groups is 1. The summed E-state index contributed by atoms with van der Waals surface area (Å²) in [6, 6.07) is -0.872. The summed E-state index contributed by atoms with van der Waals surface area (Å²) in [7, 11) is 1.25. The molecular formula is C26H53N2O6P. The Hall–Kier alpha value is -0.760. The predicted molar refractivity (Wildman–Crippen MR) is 141 cm³/mol. The molecule has 3 unspecified atom stereocenters. The van der Waals surface area contributed by atoms with Gasteiger partial charge < -0.3 is 28.8 Å². The first kappa shape index (κ1) is 34.2. The normalized spacial score (nSPS) is 15.7. The molecule has 3 atom stereocenters. The minimum absolute atomic E-state index is 0.000222. The summed E-state index contributed by atoms with van der Waals surface area (Å²) in [5, 5.41) is 13.4. The van der Waals surface area contributed by atoms with Crippen molar-refractivity contribution in [1.29, 1.82) is 0 Å². The van der Waals surface area contributed by atoms with Gasteiger partial charge in [-0.2, -0.15) is 0 Å². The number of allylic oxidation sites excluding steroid dienone is 1. The maximum absolute atomic E-state index is 12.4. The van der Waals surface area contributed by atoms with Gasteiger partial charge in [0, 0.05) is 6.42 Å². The molecule has 0 aromatic rings. The van der Waals surface area contributed by atoms with E-state index in [1.807, 2.05) is 27.2 Å². The molecule has 8 nitrogen and oxygen atoms in total. The van der Waals surface area contributed by atoms with Crippen LogP contribution < -0.4 is 10.2 Å². The lowest BCUT2D eigenvalue weighted by Gasteiger charge is -2.29. The lowest BCUT2D eigenvalue weighted by atomic mass is 10.1. The van der Waals surface area contributed by atoms with Crippen LogP contribution >= 0.6 is 7.82 Å². The molecule has 0 rings (SSSR count). The lowest BCUT2D eigenvalue weighted by molar-refractivity contribution is -0.870. The fraction of sp³-hybridized carbons (Fsp3) is 0.885. The number of nitrogens with one attached hydrogen (secondary N) is 1. The van der Waals surface area contributed by atoms with Gasteiger partial charge in [-0.15, -0.1) is 0 Å². The summed E-state index contributed by atoms with van der Waals surface area (Å²) in [6.07, 6.45) is 15.8. The summed E-state index contributed by atoms with van der Waals surface area (Å²) in [5.41, 5.74) is 0. The predicted octanol–water partition coefficient (Wildman–Crippen LogP) is 4.71. The molecule has 35 heavy (non-hydrogen) atoms. The highest BCUT2D eigenvalue weighted by Gasteiger charge is 2.23. The zero-order chi connectivity index (χ0) is 26.6. The molecule has 0 bridgehead atoms. The molecular weight excluding hydrogens is 467 g/mol. The second kappa shape index (κ2) is 20.3. The Morgan fingerprint density at radius 3 is 2.14 bits per heavy atom. The molecule has 2 N–H and O–H groups in total. The van der Waals surface area contributed by atoms with E-state index in [1.54, 1.807) is 6.08 Å². The third-order valence-electron chi connectivity index (χ3n) is 5.75. The number of quaternary nitrogens is 1. The number of phosphoric acid groups is 1. The van der Waals surface area contributed by atoms with Crippen molar-refractivity contribution in [3.8, 4) is 0 Å². The molecule has 1 amide bonds. The Labute approximate surface area is 214 Å². The van der Waals surface area contributed by atoms with Crippen LogP contribution in [0.4, 0.5) is 0 Å². The Balaban J connectivity index is 4.75. The average molecular weight is 521 g/mol. The highest BCUT2D eigenvalue weighted by Crippen LogP contribution is 2.38. The van der Waals surface area contributed by atoms with Gasteiger partial charge in [-0.3, -0.25) is 9.36 Å². The van der Waals surface area contributed by atoms with Crippen molar-refractivity contribution < 1.29 is 32.9 Å². The van der Waals surface area contributed by atoms with Crippen LogP contribution in [0.3, 0.4) is 0 Å². The van der Waals surface area contributed by atoms with E-state index in [1.165, 1.54) is 25.7 Å². The minimum atomic E-state index is -4.55. The summed E-state index contributed by atoms with van der Waals surface area (Å²) in [6.45, 7) is 4.45.